The summed E-state index contributed by atoms with van der Waals surface area (Å²) in [7, 11) is 8.63. The van der Waals surface area contributed by atoms with Crippen molar-refractivity contribution in [2.75, 3.05) is 34.9 Å². The molecule has 0 aliphatic heterocycles. The first kappa shape index (κ1) is 22.1. The van der Waals surface area contributed by atoms with E-state index in [2.05, 4.69) is 5.32 Å². The molecule has 1 atom stereocenters. The largest absolute Gasteiger partial charge is 0.493 e. The Hall–Kier alpha value is -3.59. The summed E-state index contributed by atoms with van der Waals surface area (Å²) in [5.74, 6) is -0.121. The number of aryl methyl sites for hydroxylation is 1. The Morgan fingerprint density at radius 3 is 2.45 bits per heavy atom. The van der Waals surface area contributed by atoms with Gasteiger partial charge in [-0.3, -0.25) is 14.9 Å². The third-order valence-electron chi connectivity index (χ3n) is 5.31. The maximum Gasteiger partial charge on any atom is 0.286 e. The molecule has 0 bridgehead atoms. The predicted molar refractivity (Wildman–Crippen MR) is 118 cm³/mol. The van der Waals surface area contributed by atoms with Crippen LogP contribution in [0.5, 0.6) is 11.5 Å². The van der Waals surface area contributed by atoms with Crippen LogP contribution >= 0.6 is 0 Å². The fraction of sp³-hybridized carbons (Fsp3) is 0.318. The molecule has 0 radical (unpaired) electrons. The third kappa shape index (κ3) is 4.31. The van der Waals surface area contributed by atoms with Gasteiger partial charge in [0.05, 0.1) is 31.3 Å². The van der Waals surface area contributed by atoms with Gasteiger partial charge < -0.3 is 24.3 Å². The number of likely N-dealkylation sites (N-methyl/N-ethyl adjacent to an activating group) is 1. The number of fused-ring (bicyclic) bond motifs is 1. The summed E-state index contributed by atoms with van der Waals surface area (Å²) in [4.78, 5) is 25.9. The Morgan fingerprint density at radius 2 is 1.84 bits per heavy atom. The van der Waals surface area contributed by atoms with Crippen molar-refractivity contribution < 1.29 is 19.2 Å². The van der Waals surface area contributed by atoms with Crippen molar-refractivity contribution in [3.63, 3.8) is 0 Å². The average molecular weight is 426 g/mol. The number of aromatic nitrogens is 1. The van der Waals surface area contributed by atoms with Gasteiger partial charge in [-0.25, -0.2) is 0 Å². The van der Waals surface area contributed by atoms with E-state index in [1.165, 1.54) is 26.4 Å². The van der Waals surface area contributed by atoms with Crippen molar-refractivity contribution >= 4 is 22.5 Å². The summed E-state index contributed by atoms with van der Waals surface area (Å²) in [5, 5.41) is 15.5. The van der Waals surface area contributed by atoms with Gasteiger partial charge in [-0.15, -0.1) is 0 Å². The van der Waals surface area contributed by atoms with Gasteiger partial charge in [0.25, 0.3) is 11.6 Å². The summed E-state index contributed by atoms with van der Waals surface area (Å²) in [5.41, 5.74) is 1.72. The van der Waals surface area contributed by atoms with Crippen molar-refractivity contribution in [2.24, 2.45) is 7.05 Å². The number of carbonyl (C=O) groups is 1. The minimum Gasteiger partial charge on any atom is -0.493 e. The maximum atomic E-state index is 12.9. The van der Waals surface area contributed by atoms with Crippen LogP contribution in [0.25, 0.3) is 10.9 Å². The average Bonchev–Trinajstić information content (AvgIpc) is 3.08. The number of nitrogens with zero attached hydrogens (tertiary/aromatic N) is 3. The van der Waals surface area contributed by atoms with Gasteiger partial charge in [-0.1, -0.05) is 18.2 Å². The number of hydrogen-bond acceptors (Lipinski definition) is 6. The number of nitrogens with one attached hydrogen (secondary N) is 1. The molecule has 0 saturated heterocycles. The lowest BCUT2D eigenvalue weighted by Gasteiger charge is -2.24. The second-order valence-electron chi connectivity index (χ2n) is 7.38. The number of methoxy groups -OCH3 is 2. The Bertz CT molecular complexity index is 1120. The molecule has 31 heavy (non-hydrogen) atoms. The van der Waals surface area contributed by atoms with E-state index in [0.29, 0.717) is 0 Å². The van der Waals surface area contributed by atoms with Crippen molar-refractivity contribution in [1.29, 1.82) is 0 Å². The van der Waals surface area contributed by atoms with Crippen LogP contribution in [-0.2, 0) is 7.05 Å². The van der Waals surface area contributed by atoms with E-state index in [-0.39, 0.29) is 35.3 Å². The zero-order valence-electron chi connectivity index (χ0n) is 18.2. The highest BCUT2D eigenvalue weighted by molar-refractivity contribution is 5.99. The number of ether oxygens (including phenoxy) is 2. The van der Waals surface area contributed by atoms with Gasteiger partial charge in [0.15, 0.2) is 11.5 Å². The summed E-state index contributed by atoms with van der Waals surface area (Å²) < 4.78 is 12.4. The van der Waals surface area contributed by atoms with Gasteiger partial charge in [0.2, 0.25) is 0 Å². The number of hydrogen-bond donors (Lipinski definition) is 1. The van der Waals surface area contributed by atoms with Gasteiger partial charge in [-0.2, -0.15) is 0 Å². The third-order valence-corrected chi connectivity index (χ3v) is 5.31. The van der Waals surface area contributed by atoms with Crippen molar-refractivity contribution in [2.45, 2.75) is 6.04 Å². The minimum absolute atomic E-state index is 0.0851. The summed E-state index contributed by atoms with van der Waals surface area (Å²) in [6.45, 7) is 0.269. The van der Waals surface area contributed by atoms with Crippen LogP contribution in [0.4, 0.5) is 5.69 Å². The Kier molecular flexibility index (Phi) is 6.45. The molecule has 2 aromatic carbocycles. The summed E-state index contributed by atoms with van der Waals surface area (Å²) in [6.07, 6.45) is 2.04. The molecule has 164 valence electrons. The molecule has 1 aromatic heterocycles. The lowest BCUT2D eigenvalue weighted by atomic mass is 10.0. The monoisotopic (exact) mass is 426 g/mol. The first-order valence-corrected chi connectivity index (χ1v) is 9.67. The number of rotatable bonds is 8. The van der Waals surface area contributed by atoms with Crippen LogP contribution in [0.1, 0.15) is 22.0 Å². The molecular weight excluding hydrogens is 400 g/mol. The predicted octanol–water partition coefficient (Wildman–Crippen LogP) is 3.14. The topological polar surface area (TPSA) is 98.9 Å². The van der Waals surface area contributed by atoms with E-state index in [1.807, 2.05) is 61.1 Å². The molecule has 9 nitrogen and oxygen atoms in total. The molecule has 1 N–H and O–H groups in total. The van der Waals surface area contributed by atoms with E-state index in [9.17, 15) is 14.9 Å². The van der Waals surface area contributed by atoms with Crippen LogP contribution in [0.2, 0.25) is 0 Å². The van der Waals surface area contributed by atoms with E-state index >= 15 is 0 Å². The number of carbonyl (C=O) groups excluding carboxylic acids is 1. The van der Waals surface area contributed by atoms with E-state index < -0.39 is 10.8 Å². The maximum absolute atomic E-state index is 12.9. The summed E-state index contributed by atoms with van der Waals surface area (Å²) >= 11 is 0. The zero-order chi connectivity index (χ0) is 22.7. The molecule has 0 aliphatic carbocycles. The Morgan fingerprint density at radius 1 is 1.19 bits per heavy atom. The standard InChI is InChI=1S/C22H26N4O5/c1-24(2)19(16-13-25(3)17-9-7-6-8-14(16)17)12-23-22(27)15-10-20(30-4)21(31-5)11-18(15)26(28)29/h6-11,13,19H,12H2,1-5H3,(H,23,27). The molecule has 0 aliphatic rings. The molecule has 0 saturated carbocycles. The molecule has 0 fully saturated rings. The smallest absolute Gasteiger partial charge is 0.286 e. The Balaban J connectivity index is 1.91. The number of amides is 1. The highest BCUT2D eigenvalue weighted by Gasteiger charge is 2.26. The van der Waals surface area contributed by atoms with Crippen LogP contribution < -0.4 is 14.8 Å². The molecule has 0 spiro atoms. The van der Waals surface area contributed by atoms with Crippen molar-refractivity contribution in [1.82, 2.24) is 14.8 Å². The lowest BCUT2D eigenvalue weighted by Crippen LogP contribution is -2.34. The van der Waals surface area contributed by atoms with Crippen LogP contribution in [0.3, 0.4) is 0 Å². The van der Waals surface area contributed by atoms with Crippen LogP contribution in [-0.4, -0.2) is 55.2 Å². The summed E-state index contributed by atoms with van der Waals surface area (Å²) in [6, 6.07) is 10.4. The minimum atomic E-state index is -0.606. The number of para-hydroxylation sites is 1. The molecule has 1 heterocycles. The molecule has 1 amide bonds. The molecule has 9 heteroatoms. The second-order valence-corrected chi connectivity index (χ2v) is 7.38. The molecule has 1 unspecified atom stereocenters. The van der Waals surface area contributed by atoms with Gasteiger partial charge in [-0.05, 0) is 25.7 Å². The fourth-order valence-corrected chi connectivity index (χ4v) is 3.70. The highest BCUT2D eigenvalue weighted by atomic mass is 16.6. The highest BCUT2D eigenvalue weighted by Crippen LogP contribution is 2.34. The number of benzene rings is 2. The SMILES string of the molecule is COc1cc(C(=O)NCC(c2cn(C)c3ccccc23)N(C)C)c([N+](=O)[O-])cc1OC. The van der Waals surface area contributed by atoms with Gasteiger partial charge in [0, 0.05) is 36.8 Å². The van der Waals surface area contributed by atoms with E-state index in [4.69, 9.17) is 9.47 Å². The number of nitro benzene ring substituents is 1. The quantitative estimate of drug-likeness (QED) is 0.439. The van der Waals surface area contributed by atoms with Crippen LogP contribution in [0, 0.1) is 10.1 Å². The van der Waals surface area contributed by atoms with Gasteiger partial charge in [0.1, 0.15) is 5.56 Å². The normalized spacial score (nSPS) is 12.1. The van der Waals surface area contributed by atoms with Crippen molar-refractivity contribution in [3.8, 4) is 11.5 Å². The lowest BCUT2D eigenvalue weighted by molar-refractivity contribution is -0.385. The first-order valence-electron chi connectivity index (χ1n) is 9.67. The zero-order valence-corrected chi connectivity index (χ0v) is 18.2. The van der Waals surface area contributed by atoms with Crippen LogP contribution in [0.15, 0.2) is 42.6 Å². The molecule has 3 rings (SSSR count). The fourth-order valence-electron chi connectivity index (χ4n) is 3.70. The molecular formula is C22H26N4O5. The van der Waals surface area contributed by atoms with Crippen molar-refractivity contribution in [3.05, 3.63) is 63.8 Å². The second kappa shape index (κ2) is 9.05. The van der Waals surface area contributed by atoms with Gasteiger partial charge >= 0.3 is 0 Å². The van der Waals surface area contributed by atoms with E-state index in [0.717, 1.165) is 16.5 Å². The molecule has 3 aromatic rings. The Labute approximate surface area is 180 Å². The number of nitro groups is 1. The first-order chi connectivity index (χ1) is 14.8. The van der Waals surface area contributed by atoms with E-state index in [1.54, 1.807) is 0 Å².